The molecule has 182 valence electrons. The van der Waals surface area contributed by atoms with Gasteiger partial charge >= 0.3 is 0 Å². The number of piperidine rings is 1. The van der Waals surface area contributed by atoms with Crippen LogP contribution in [0.5, 0.6) is 0 Å². The first-order valence-electron chi connectivity index (χ1n) is 12.0. The first kappa shape index (κ1) is 23.1. The third kappa shape index (κ3) is 5.18. The van der Waals surface area contributed by atoms with Crippen molar-refractivity contribution in [3.63, 3.8) is 0 Å². The Balaban J connectivity index is 1.37. The van der Waals surface area contributed by atoms with Crippen LogP contribution in [0, 0.1) is 0 Å². The Labute approximate surface area is 200 Å². The first-order chi connectivity index (χ1) is 16.4. The van der Waals surface area contributed by atoms with Gasteiger partial charge in [-0.3, -0.25) is 4.57 Å². The molecule has 2 aromatic heterocycles. The maximum absolute atomic E-state index is 11.5. The summed E-state index contributed by atoms with van der Waals surface area (Å²) in [6.45, 7) is 1.61. The van der Waals surface area contributed by atoms with E-state index in [9.17, 15) is 13.5 Å². The molecule has 2 aliphatic rings. The molecule has 0 unspecified atom stereocenters. The largest absolute Gasteiger partial charge is 0.393 e. The lowest BCUT2D eigenvalue weighted by molar-refractivity contribution is 0.145. The fraction of sp³-hybridized carbons (Fsp3) is 0.500. The molecule has 0 amide bonds. The Kier molecular flexibility index (Phi) is 6.46. The van der Waals surface area contributed by atoms with E-state index in [1.54, 1.807) is 6.20 Å². The molecule has 1 saturated heterocycles. The molecule has 3 aromatic rings. The van der Waals surface area contributed by atoms with E-state index >= 15 is 0 Å². The summed E-state index contributed by atoms with van der Waals surface area (Å²) in [5.41, 5.74) is 1.08. The van der Waals surface area contributed by atoms with Crippen LogP contribution in [0.25, 0.3) is 16.7 Å². The number of rotatable bonds is 6. The van der Waals surface area contributed by atoms with Crippen LogP contribution in [-0.4, -0.2) is 65.6 Å². The Hall–Kier alpha value is -2.69. The lowest BCUT2D eigenvalue weighted by Gasteiger charge is -2.32. The maximum Gasteiger partial charge on any atom is 0.224 e. The van der Waals surface area contributed by atoms with Crippen molar-refractivity contribution < 1.29 is 13.5 Å². The van der Waals surface area contributed by atoms with E-state index in [2.05, 4.69) is 42.7 Å². The normalized spacial score (nSPS) is 22.2. The Morgan fingerprint density at radius 3 is 2.44 bits per heavy atom. The third-order valence-electron chi connectivity index (χ3n) is 6.79. The predicted octanol–water partition coefficient (Wildman–Crippen LogP) is 2.65. The van der Waals surface area contributed by atoms with Crippen LogP contribution in [0.2, 0.25) is 0 Å². The van der Waals surface area contributed by atoms with Gasteiger partial charge in [-0.25, -0.2) is 18.1 Å². The monoisotopic (exact) mass is 484 g/mol. The minimum absolute atomic E-state index is 0.00263. The zero-order valence-electron chi connectivity index (χ0n) is 19.4. The van der Waals surface area contributed by atoms with Gasteiger partial charge in [-0.15, -0.1) is 0 Å². The number of aromatic nitrogens is 3. The van der Waals surface area contributed by atoms with Crippen LogP contribution in [0.3, 0.4) is 0 Å². The van der Waals surface area contributed by atoms with Gasteiger partial charge in [0.1, 0.15) is 11.6 Å². The van der Waals surface area contributed by atoms with Crippen molar-refractivity contribution in [3.05, 3.63) is 42.6 Å². The van der Waals surface area contributed by atoms with E-state index in [-0.39, 0.29) is 18.2 Å². The molecule has 2 fully saturated rings. The number of nitrogens with one attached hydrogen (secondary N) is 2. The van der Waals surface area contributed by atoms with Crippen molar-refractivity contribution in [2.45, 2.75) is 56.7 Å². The van der Waals surface area contributed by atoms with Crippen LogP contribution in [0.1, 0.15) is 38.5 Å². The van der Waals surface area contributed by atoms with Gasteiger partial charge in [-0.2, -0.15) is 4.98 Å². The summed E-state index contributed by atoms with van der Waals surface area (Å²) in [5, 5.41) is 14.6. The second-order valence-electron chi connectivity index (χ2n) is 9.44. The molecule has 3 N–H and O–H groups in total. The molecule has 1 saturated carbocycles. The van der Waals surface area contributed by atoms with E-state index in [4.69, 9.17) is 4.98 Å². The highest BCUT2D eigenvalue weighted by Crippen LogP contribution is 2.32. The van der Waals surface area contributed by atoms with Crippen LogP contribution in [-0.2, 0) is 10.0 Å². The lowest BCUT2D eigenvalue weighted by atomic mass is 9.92. The van der Waals surface area contributed by atoms with E-state index in [1.165, 1.54) is 6.26 Å². The highest BCUT2D eigenvalue weighted by atomic mass is 32.2. The second kappa shape index (κ2) is 9.52. The number of hydrogen-bond acceptors (Lipinski definition) is 7. The average Bonchev–Trinajstić information content (AvgIpc) is 3.20. The van der Waals surface area contributed by atoms with E-state index in [0.717, 1.165) is 74.2 Å². The Morgan fingerprint density at radius 2 is 1.71 bits per heavy atom. The standard InChI is InChI=1S/C24H32N6O3S/c1-34(32,33)28-19-8-6-18(7-9-19)26-24-25-13-10-22(27-24)30-21-5-3-2-4-17(21)16-23(30)29-14-11-20(31)12-15-29/h2-5,10,13,16,18-20,28,31H,6-9,11-12,14-15H2,1H3,(H,25,26,27). The number of aliphatic hydroxyl groups is 1. The van der Waals surface area contributed by atoms with E-state index < -0.39 is 10.0 Å². The van der Waals surface area contributed by atoms with Gasteiger partial charge in [-0.1, -0.05) is 18.2 Å². The third-order valence-corrected chi connectivity index (χ3v) is 7.55. The fourth-order valence-corrected chi connectivity index (χ4v) is 5.93. The lowest BCUT2D eigenvalue weighted by Crippen LogP contribution is -2.39. The molecule has 9 nitrogen and oxygen atoms in total. The average molecular weight is 485 g/mol. The molecule has 3 heterocycles. The van der Waals surface area contributed by atoms with E-state index in [1.807, 2.05) is 18.2 Å². The summed E-state index contributed by atoms with van der Waals surface area (Å²) < 4.78 is 27.9. The van der Waals surface area contributed by atoms with Crippen molar-refractivity contribution >= 4 is 32.7 Å². The molecule has 10 heteroatoms. The van der Waals surface area contributed by atoms with Gasteiger partial charge in [0.2, 0.25) is 16.0 Å². The molecule has 5 rings (SSSR count). The summed E-state index contributed by atoms with van der Waals surface area (Å²) in [6.07, 6.45) is 7.57. The summed E-state index contributed by atoms with van der Waals surface area (Å²) in [7, 11) is -3.18. The van der Waals surface area contributed by atoms with Gasteiger partial charge < -0.3 is 15.3 Å². The van der Waals surface area contributed by atoms with Crippen LogP contribution in [0.4, 0.5) is 11.8 Å². The molecular weight excluding hydrogens is 452 g/mol. The second-order valence-corrected chi connectivity index (χ2v) is 11.2. The summed E-state index contributed by atoms with van der Waals surface area (Å²) in [4.78, 5) is 11.6. The van der Waals surface area contributed by atoms with Crippen LogP contribution in [0.15, 0.2) is 42.6 Å². The zero-order valence-corrected chi connectivity index (χ0v) is 20.2. The molecule has 1 aliphatic heterocycles. The number of para-hydroxylation sites is 1. The van der Waals surface area contributed by atoms with Gasteiger partial charge in [0.25, 0.3) is 0 Å². The molecular formula is C24H32N6O3S. The summed E-state index contributed by atoms with van der Waals surface area (Å²) in [5.74, 6) is 2.45. The quantitative estimate of drug-likeness (QED) is 0.493. The molecule has 34 heavy (non-hydrogen) atoms. The van der Waals surface area contributed by atoms with Gasteiger partial charge in [0, 0.05) is 36.8 Å². The smallest absolute Gasteiger partial charge is 0.224 e. The molecule has 1 aromatic carbocycles. The minimum Gasteiger partial charge on any atom is -0.393 e. The fourth-order valence-electron chi connectivity index (χ4n) is 5.09. The van der Waals surface area contributed by atoms with Crippen molar-refractivity contribution in [2.24, 2.45) is 0 Å². The molecule has 0 spiro atoms. The maximum atomic E-state index is 11.5. The minimum atomic E-state index is -3.18. The number of sulfonamides is 1. The van der Waals surface area contributed by atoms with Crippen molar-refractivity contribution in [3.8, 4) is 5.82 Å². The van der Waals surface area contributed by atoms with E-state index in [0.29, 0.717) is 5.95 Å². The number of aliphatic hydroxyl groups excluding tert-OH is 1. The zero-order chi connectivity index (χ0) is 23.7. The number of hydrogen-bond donors (Lipinski definition) is 3. The Morgan fingerprint density at radius 1 is 1.00 bits per heavy atom. The van der Waals surface area contributed by atoms with Crippen LogP contribution >= 0.6 is 0 Å². The highest BCUT2D eigenvalue weighted by Gasteiger charge is 2.25. The molecule has 0 atom stereocenters. The van der Waals surface area contributed by atoms with Gasteiger partial charge in [-0.05, 0) is 56.7 Å². The summed E-state index contributed by atoms with van der Waals surface area (Å²) >= 11 is 0. The molecule has 0 bridgehead atoms. The van der Waals surface area contributed by atoms with Crippen molar-refractivity contribution in [1.29, 1.82) is 0 Å². The Bertz CT molecular complexity index is 1240. The van der Waals surface area contributed by atoms with Gasteiger partial charge in [0.15, 0.2) is 0 Å². The number of benzene rings is 1. The first-order valence-corrected chi connectivity index (χ1v) is 13.9. The predicted molar refractivity (Wildman–Crippen MR) is 134 cm³/mol. The van der Waals surface area contributed by atoms with Crippen molar-refractivity contribution in [2.75, 3.05) is 29.6 Å². The molecule has 0 radical (unpaired) electrons. The molecule has 1 aliphatic carbocycles. The number of fused-ring (bicyclic) bond motifs is 1. The van der Waals surface area contributed by atoms with Crippen molar-refractivity contribution in [1.82, 2.24) is 19.3 Å². The topological polar surface area (TPSA) is 112 Å². The number of anilines is 2. The van der Waals surface area contributed by atoms with Crippen LogP contribution < -0.4 is 14.9 Å². The highest BCUT2D eigenvalue weighted by molar-refractivity contribution is 7.88. The SMILES string of the molecule is CS(=O)(=O)NC1CCC(Nc2nccc(-n3c(N4CCC(O)CC4)cc4ccccc43)n2)CC1. The number of nitrogens with zero attached hydrogens (tertiary/aromatic N) is 4. The van der Waals surface area contributed by atoms with Gasteiger partial charge in [0.05, 0.1) is 17.9 Å². The summed E-state index contributed by atoms with van der Waals surface area (Å²) in [6, 6.07) is 12.6.